The topological polar surface area (TPSA) is 96.5 Å². The van der Waals surface area contributed by atoms with Crippen LogP contribution in [0.5, 0.6) is 0 Å². The van der Waals surface area contributed by atoms with E-state index >= 15 is 0 Å². The number of aryl methyl sites for hydroxylation is 3. The third kappa shape index (κ3) is 6.90. The van der Waals surface area contributed by atoms with E-state index in [4.69, 9.17) is 4.42 Å². The first-order valence-electron chi connectivity index (χ1n) is 16.5. The van der Waals surface area contributed by atoms with Crippen molar-refractivity contribution in [2.24, 2.45) is 0 Å². The maximum absolute atomic E-state index is 13.5. The number of nitrogens with zero attached hydrogens (tertiary/aromatic N) is 1. The lowest BCUT2D eigenvalue weighted by molar-refractivity contribution is -0.0441. The summed E-state index contributed by atoms with van der Waals surface area (Å²) in [6, 6.07) is 28.7. The van der Waals surface area contributed by atoms with Crippen LogP contribution in [0.4, 0.5) is 18.9 Å². The molecule has 0 aromatic heterocycles. The molecule has 1 heterocycles. The molecular formula is C40H38F3N2O5S2+. The van der Waals surface area contributed by atoms with Crippen molar-refractivity contribution in [2.75, 3.05) is 7.05 Å². The van der Waals surface area contributed by atoms with Gasteiger partial charge in [-0.05, 0) is 73.6 Å². The van der Waals surface area contributed by atoms with Crippen LogP contribution in [0.2, 0.25) is 0 Å². The van der Waals surface area contributed by atoms with Gasteiger partial charge >= 0.3 is 15.5 Å². The van der Waals surface area contributed by atoms with E-state index in [1.165, 1.54) is 18.2 Å². The summed E-state index contributed by atoms with van der Waals surface area (Å²) in [5.74, 6) is 0.625. The van der Waals surface area contributed by atoms with Gasteiger partial charge < -0.3 is 4.42 Å². The Morgan fingerprint density at radius 1 is 0.769 bits per heavy atom. The highest BCUT2D eigenvalue weighted by atomic mass is 32.3. The van der Waals surface area contributed by atoms with Gasteiger partial charge in [0.15, 0.2) is 0 Å². The molecule has 270 valence electrons. The van der Waals surface area contributed by atoms with Crippen molar-refractivity contribution in [3.05, 3.63) is 136 Å². The van der Waals surface area contributed by atoms with Gasteiger partial charge in [0, 0.05) is 39.3 Å². The van der Waals surface area contributed by atoms with Gasteiger partial charge in [0.2, 0.25) is 11.0 Å². The summed E-state index contributed by atoms with van der Waals surface area (Å²) < 4.78 is 101. The number of hydrogen-bond donors (Lipinski definition) is 1. The number of sulfonamides is 2. The molecule has 0 saturated heterocycles. The van der Waals surface area contributed by atoms with Crippen LogP contribution < -0.4 is 14.1 Å². The highest BCUT2D eigenvalue weighted by molar-refractivity contribution is 8.05. The van der Waals surface area contributed by atoms with Gasteiger partial charge in [-0.15, -0.1) is 0 Å². The Bertz CT molecular complexity index is 2610. The molecule has 0 saturated carbocycles. The average molecular weight is 748 g/mol. The number of rotatable bonds is 8. The summed E-state index contributed by atoms with van der Waals surface area (Å²) in [4.78, 5) is -0.640. The number of nitrogens with one attached hydrogen (secondary N) is 1. The lowest BCUT2D eigenvalue weighted by Crippen LogP contribution is -2.40. The second-order valence-corrected chi connectivity index (χ2v) is 16.9. The molecule has 0 amide bonds. The number of para-hydroxylation sites is 1. The van der Waals surface area contributed by atoms with Crippen LogP contribution >= 0.6 is 0 Å². The predicted molar refractivity (Wildman–Crippen MR) is 198 cm³/mol. The maximum Gasteiger partial charge on any atom is 0.512 e. The monoisotopic (exact) mass is 747 g/mol. The van der Waals surface area contributed by atoms with Crippen molar-refractivity contribution in [3.63, 3.8) is 0 Å². The van der Waals surface area contributed by atoms with Crippen molar-refractivity contribution in [2.45, 2.75) is 57.4 Å². The van der Waals surface area contributed by atoms with Gasteiger partial charge in [-0.25, -0.2) is 16.8 Å². The zero-order valence-corrected chi connectivity index (χ0v) is 31.1. The van der Waals surface area contributed by atoms with Crippen LogP contribution in [0.3, 0.4) is 0 Å². The van der Waals surface area contributed by atoms with Crippen molar-refractivity contribution in [1.29, 1.82) is 0 Å². The van der Waals surface area contributed by atoms with Crippen LogP contribution in [0.15, 0.2) is 106 Å². The molecule has 0 atom stereocenters. The molecule has 0 bridgehead atoms. The SMILES string of the molecule is Cc1cccc(C)c1Cc1ccc2c(-c3ccccc3S(=O)(=O)NS(=O)(=O)C(F)(F)F)c3ccc(=[N+](C)c4c(C)cccc4C(C)C)cc-3oc2c1. The summed E-state index contributed by atoms with van der Waals surface area (Å²) in [7, 11) is -9.54. The van der Waals surface area contributed by atoms with E-state index in [9.17, 15) is 30.0 Å². The smallest absolute Gasteiger partial charge is 0.456 e. The Labute approximate surface area is 301 Å². The predicted octanol–water partition coefficient (Wildman–Crippen LogP) is 8.71. The van der Waals surface area contributed by atoms with Crippen molar-refractivity contribution >= 4 is 36.7 Å². The van der Waals surface area contributed by atoms with Crippen molar-refractivity contribution in [1.82, 2.24) is 8.70 Å². The molecule has 0 fully saturated rings. The van der Waals surface area contributed by atoms with Crippen LogP contribution in [-0.4, -0.2) is 29.4 Å². The lowest BCUT2D eigenvalue weighted by Gasteiger charge is -2.19. The quantitative estimate of drug-likeness (QED) is 0.124. The number of benzene rings is 5. The highest BCUT2D eigenvalue weighted by Gasteiger charge is 2.48. The van der Waals surface area contributed by atoms with Gasteiger partial charge in [-0.1, -0.05) is 84.7 Å². The normalized spacial score (nSPS) is 13.3. The summed E-state index contributed by atoms with van der Waals surface area (Å²) in [6.07, 6.45) is 0.593. The van der Waals surface area contributed by atoms with E-state index in [1.807, 2.05) is 82.4 Å². The number of halogens is 3. The molecule has 1 aliphatic carbocycles. The second-order valence-electron chi connectivity index (χ2n) is 13.3. The third-order valence-corrected chi connectivity index (χ3v) is 12.7. The fraction of sp³-hybridized carbons (Fsp3) is 0.225. The maximum atomic E-state index is 13.5. The summed E-state index contributed by atoms with van der Waals surface area (Å²) >= 11 is 0. The number of fused-ring (bicyclic) bond motifs is 2. The van der Waals surface area contributed by atoms with Crippen LogP contribution in [0.25, 0.3) is 33.4 Å². The molecule has 52 heavy (non-hydrogen) atoms. The minimum atomic E-state index is -6.25. The number of alkyl halides is 3. The molecule has 1 aliphatic heterocycles. The molecule has 12 heteroatoms. The van der Waals surface area contributed by atoms with Crippen LogP contribution in [-0.2, 0) is 26.5 Å². The fourth-order valence-corrected chi connectivity index (χ4v) is 9.35. The Hall–Kier alpha value is -4.78. The minimum absolute atomic E-state index is 0.00257. The van der Waals surface area contributed by atoms with Gasteiger partial charge in [0.25, 0.3) is 10.0 Å². The van der Waals surface area contributed by atoms with E-state index < -0.39 is 30.5 Å². The van der Waals surface area contributed by atoms with E-state index in [-0.39, 0.29) is 11.5 Å². The van der Waals surface area contributed by atoms with Crippen molar-refractivity contribution in [3.8, 4) is 22.5 Å². The molecule has 4 aromatic rings. The zero-order chi connectivity index (χ0) is 37.7. The van der Waals surface area contributed by atoms with E-state index in [2.05, 4.69) is 24.5 Å². The molecule has 0 spiro atoms. The minimum Gasteiger partial charge on any atom is -0.456 e. The van der Waals surface area contributed by atoms with Gasteiger partial charge in [0.1, 0.15) is 18.4 Å². The first-order chi connectivity index (χ1) is 24.4. The highest BCUT2D eigenvalue weighted by Crippen LogP contribution is 2.43. The Morgan fingerprint density at radius 2 is 1.42 bits per heavy atom. The number of hydrogen-bond acceptors (Lipinski definition) is 5. The molecule has 6 rings (SSSR count). The summed E-state index contributed by atoms with van der Waals surface area (Å²) in [5.41, 5.74) is 2.97. The van der Waals surface area contributed by atoms with Gasteiger partial charge in [-0.3, -0.25) is 0 Å². The molecule has 4 aromatic carbocycles. The summed E-state index contributed by atoms with van der Waals surface area (Å²) in [6.45, 7) is 10.4. The van der Waals surface area contributed by atoms with Gasteiger partial charge in [-0.2, -0.15) is 17.7 Å². The molecule has 0 unspecified atom stereocenters. The van der Waals surface area contributed by atoms with E-state index in [0.29, 0.717) is 34.3 Å². The van der Waals surface area contributed by atoms with E-state index in [0.717, 1.165) is 54.6 Å². The first-order valence-corrected chi connectivity index (χ1v) is 19.5. The lowest BCUT2D eigenvalue weighted by atomic mass is 9.91. The standard InChI is InChI=1S/C40H38F3N2O5S2/c1-24(2)30-15-10-13-27(5)39(30)45(6)29-18-20-32-36(23-29)50-35-22-28(21-34-25(3)11-9-12-26(34)4)17-19-31(35)38(32)33-14-7-8-16-37(33)51(46,47)44-52(48,49)40(41,42)43/h7-20,22-24,44H,21H2,1-6H3/q+1. The summed E-state index contributed by atoms with van der Waals surface area (Å²) in [5, 5.41) is 1.27. The van der Waals surface area contributed by atoms with Crippen LogP contribution in [0, 0.1) is 20.8 Å². The first kappa shape index (κ1) is 37.0. The molecule has 2 aliphatic rings. The molecule has 7 nitrogen and oxygen atoms in total. The molecule has 0 radical (unpaired) electrons. The second kappa shape index (κ2) is 13.6. The van der Waals surface area contributed by atoms with Crippen LogP contribution in [0.1, 0.15) is 53.1 Å². The van der Waals surface area contributed by atoms with Crippen molar-refractivity contribution < 1.29 is 34.4 Å². The largest absolute Gasteiger partial charge is 0.512 e. The molecule has 1 N–H and O–H groups in total. The van der Waals surface area contributed by atoms with Gasteiger partial charge in [0.05, 0.1) is 11.0 Å². The Morgan fingerprint density at radius 3 is 2.10 bits per heavy atom. The Kier molecular flexibility index (Phi) is 9.71. The fourth-order valence-electron chi connectivity index (χ4n) is 6.74. The third-order valence-electron chi connectivity index (χ3n) is 9.38. The zero-order valence-electron chi connectivity index (χ0n) is 29.5. The Balaban J connectivity index is 1.66. The molecular weight excluding hydrogens is 710 g/mol. The van der Waals surface area contributed by atoms with E-state index in [1.54, 1.807) is 12.1 Å². The average Bonchev–Trinajstić information content (AvgIpc) is 3.07.